The minimum absolute atomic E-state index is 0.199. The Balaban J connectivity index is 1.58. The van der Waals surface area contributed by atoms with E-state index in [2.05, 4.69) is 37.7 Å². The number of rotatable bonds is 6. The minimum Gasteiger partial charge on any atom is -0.406 e. The molecule has 0 radical (unpaired) electrons. The maximum atomic E-state index is 14.0. The second kappa shape index (κ2) is 11.2. The number of benzene rings is 2. The van der Waals surface area contributed by atoms with Gasteiger partial charge in [0.1, 0.15) is 18.1 Å². The van der Waals surface area contributed by atoms with Gasteiger partial charge in [0.05, 0.1) is 13.2 Å². The van der Waals surface area contributed by atoms with E-state index in [-0.39, 0.29) is 6.54 Å². The van der Waals surface area contributed by atoms with Gasteiger partial charge < -0.3 is 15.0 Å². The molecule has 0 unspecified atom stereocenters. The van der Waals surface area contributed by atoms with Gasteiger partial charge in [-0.1, -0.05) is 30.3 Å². The molecule has 0 saturated carbocycles. The van der Waals surface area contributed by atoms with Crippen molar-refractivity contribution >= 4 is 34.1 Å². The Kier molecular flexibility index (Phi) is 7.91. The third kappa shape index (κ3) is 5.94. The van der Waals surface area contributed by atoms with Crippen LogP contribution in [-0.2, 0) is 20.1 Å². The highest BCUT2D eigenvalue weighted by atomic mass is 127. The molecule has 3 heterocycles. The number of hydrazine groups is 1. The molecular weight excluding hydrogens is 628 g/mol. The van der Waals surface area contributed by atoms with Crippen molar-refractivity contribution < 1.29 is 17.9 Å². The Labute approximate surface area is 236 Å². The van der Waals surface area contributed by atoms with Crippen molar-refractivity contribution in [2.75, 3.05) is 36.3 Å². The summed E-state index contributed by atoms with van der Waals surface area (Å²) in [5, 5.41) is 7.49. The summed E-state index contributed by atoms with van der Waals surface area (Å²) in [6.07, 6.45) is -2.85. The van der Waals surface area contributed by atoms with Gasteiger partial charge in [0.15, 0.2) is 5.82 Å². The van der Waals surface area contributed by atoms with Crippen LogP contribution in [0.5, 0.6) is 5.75 Å². The molecule has 1 aromatic heterocycles. The topological polar surface area (TPSA) is 75.0 Å². The van der Waals surface area contributed by atoms with Crippen molar-refractivity contribution in [1.29, 1.82) is 0 Å². The van der Waals surface area contributed by atoms with Gasteiger partial charge in [-0.2, -0.15) is 0 Å². The number of nitrogens with one attached hydrogen (secondary N) is 1. The number of ether oxygens (including phenoxy) is 1. The second-order valence-electron chi connectivity index (χ2n) is 9.53. The molecule has 1 fully saturated rings. The Hall–Kier alpha value is -3.04. The molecule has 3 aromatic rings. The maximum Gasteiger partial charge on any atom is 0.573 e. The Morgan fingerprint density at radius 1 is 1.05 bits per heavy atom. The fourth-order valence-corrected chi connectivity index (χ4v) is 5.56. The number of aromatic nitrogens is 2. The first-order chi connectivity index (χ1) is 18.6. The van der Waals surface area contributed by atoms with Crippen molar-refractivity contribution in [3.05, 3.63) is 84.1 Å². The summed E-state index contributed by atoms with van der Waals surface area (Å²) < 4.78 is 45.8. The van der Waals surface area contributed by atoms with Gasteiger partial charge in [-0.3, -0.25) is 18.9 Å². The van der Waals surface area contributed by atoms with Crippen molar-refractivity contribution in [3.8, 4) is 5.75 Å². The van der Waals surface area contributed by atoms with Crippen molar-refractivity contribution in [3.63, 3.8) is 0 Å². The average Bonchev–Trinajstić information content (AvgIpc) is 3.05. The van der Waals surface area contributed by atoms with E-state index in [0.29, 0.717) is 37.0 Å². The van der Waals surface area contributed by atoms with Crippen LogP contribution in [-0.4, -0.2) is 46.9 Å². The predicted molar refractivity (Wildman–Crippen MR) is 150 cm³/mol. The molecule has 0 atom stereocenters. The molecule has 0 spiro atoms. The maximum absolute atomic E-state index is 14.0. The van der Waals surface area contributed by atoms with Crippen LogP contribution < -0.4 is 31.2 Å². The van der Waals surface area contributed by atoms with Crippen LogP contribution >= 0.6 is 22.6 Å². The summed E-state index contributed by atoms with van der Waals surface area (Å²) in [7, 11) is 1.62. The highest BCUT2D eigenvalue weighted by molar-refractivity contribution is 14.1. The van der Waals surface area contributed by atoms with Crippen molar-refractivity contribution in [2.45, 2.75) is 32.3 Å². The lowest BCUT2D eigenvalue weighted by Gasteiger charge is -2.33. The number of halogens is 4. The number of anilines is 2. The van der Waals surface area contributed by atoms with Crippen molar-refractivity contribution in [1.82, 2.24) is 19.5 Å². The normalized spacial score (nSPS) is 16.3. The molecule has 9 nitrogen and oxygen atoms in total. The third-order valence-corrected chi connectivity index (χ3v) is 7.86. The second-order valence-corrected chi connectivity index (χ2v) is 10.7. The summed E-state index contributed by atoms with van der Waals surface area (Å²) in [6.45, 7) is 2.87. The lowest BCUT2D eigenvalue weighted by atomic mass is 10.2. The van der Waals surface area contributed by atoms with E-state index >= 15 is 0 Å². The Morgan fingerprint density at radius 2 is 1.85 bits per heavy atom. The zero-order chi connectivity index (χ0) is 27.7. The third-order valence-electron chi connectivity index (χ3n) is 6.81. The first kappa shape index (κ1) is 27.5. The Morgan fingerprint density at radius 3 is 2.62 bits per heavy atom. The van der Waals surface area contributed by atoms with E-state index in [1.807, 2.05) is 34.2 Å². The largest absolute Gasteiger partial charge is 0.573 e. The van der Waals surface area contributed by atoms with Gasteiger partial charge in [-0.05, 0) is 71.3 Å². The number of alkyl halides is 3. The van der Waals surface area contributed by atoms with E-state index in [0.717, 1.165) is 39.6 Å². The lowest BCUT2D eigenvalue weighted by Crippen LogP contribution is -2.49. The van der Waals surface area contributed by atoms with Crippen LogP contribution in [0.4, 0.5) is 24.7 Å². The van der Waals surface area contributed by atoms with Gasteiger partial charge in [0, 0.05) is 23.7 Å². The highest BCUT2D eigenvalue weighted by Gasteiger charge is 2.37. The smallest absolute Gasteiger partial charge is 0.406 e. The molecule has 1 N–H and O–H groups in total. The fraction of sp³-hybridized carbons (Fsp3) is 0.385. The molecule has 5 rings (SSSR count). The summed E-state index contributed by atoms with van der Waals surface area (Å²) >= 11 is 2.26. The fourth-order valence-electron chi connectivity index (χ4n) is 5.00. The van der Waals surface area contributed by atoms with Gasteiger partial charge in [-0.15, -0.1) is 13.2 Å². The average molecular weight is 656 g/mol. The summed E-state index contributed by atoms with van der Waals surface area (Å²) in [5.41, 5.74) is 0.711. The number of nitrogens with zero attached hydrogens (tertiary/aromatic N) is 5. The van der Waals surface area contributed by atoms with Crippen LogP contribution in [0.25, 0.3) is 0 Å². The highest BCUT2D eigenvalue weighted by Crippen LogP contribution is 2.34. The van der Waals surface area contributed by atoms with E-state index < -0.39 is 23.4 Å². The number of hydrogen-bond donors (Lipinski definition) is 1. The van der Waals surface area contributed by atoms with E-state index in [1.54, 1.807) is 13.1 Å². The number of fused-ring (bicyclic) bond motifs is 1. The molecule has 208 valence electrons. The first-order valence-corrected chi connectivity index (χ1v) is 13.6. The van der Waals surface area contributed by atoms with Crippen LogP contribution in [0.1, 0.15) is 24.0 Å². The zero-order valence-electron chi connectivity index (χ0n) is 21.2. The molecule has 13 heteroatoms. The first-order valence-electron chi connectivity index (χ1n) is 12.5. The van der Waals surface area contributed by atoms with Gasteiger partial charge in [0.25, 0.3) is 5.56 Å². The number of hydrogen-bond acceptors (Lipinski definition) is 7. The molecule has 2 aliphatic heterocycles. The van der Waals surface area contributed by atoms with Gasteiger partial charge in [-0.25, -0.2) is 9.80 Å². The van der Waals surface area contributed by atoms with Gasteiger partial charge >= 0.3 is 12.1 Å². The Bertz CT molecular complexity index is 1470. The molecule has 0 amide bonds. The zero-order valence-corrected chi connectivity index (χ0v) is 23.4. The molecule has 0 bridgehead atoms. The predicted octanol–water partition coefficient (Wildman–Crippen LogP) is 3.44. The molecular formula is C26H28F3IN6O3. The van der Waals surface area contributed by atoms with Crippen molar-refractivity contribution in [2.24, 2.45) is 7.05 Å². The molecule has 1 saturated heterocycles. The standard InChI is InChI=1S/C26H28F3IN6O3/c1-32-23-22(24(37)35(25(32)38)14-18-7-6-9-20(13-18)39-26(27,28)29)33(15-19-8-2-3-10-21(19)30)17-36(23)34-12-5-4-11-31-16-34/h2-3,6-10,13,31H,4-5,11-12,14-17H2,1H3. The SMILES string of the molecule is Cn1c2c(c(=O)n(Cc3cccc(OC(F)(F)F)c3)c1=O)N(Cc1ccccc1I)CN2N1CCCCNC1. The van der Waals surface area contributed by atoms with Crippen LogP contribution in [0, 0.1) is 3.57 Å². The molecule has 0 aliphatic carbocycles. The molecule has 2 aromatic carbocycles. The van der Waals surface area contributed by atoms with E-state index in [4.69, 9.17) is 0 Å². The van der Waals surface area contributed by atoms with E-state index in [9.17, 15) is 22.8 Å². The van der Waals surface area contributed by atoms with Gasteiger partial charge in [0.2, 0.25) is 0 Å². The molecule has 39 heavy (non-hydrogen) atoms. The van der Waals surface area contributed by atoms with Crippen LogP contribution in [0.3, 0.4) is 0 Å². The van der Waals surface area contributed by atoms with Crippen LogP contribution in [0.15, 0.2) is 58.1 Å². The molecule has 2 aliphatic rings. The summed E-state index contributed by atoms with van der Waals surface area (Å²) in [5.74, 6) is 0.0937. The van der Waals surface area contributed by atoms with E-state index in [1.165, 1.54) is 22.8 Å². The minimum atomic E-state index is -4.85. The lowest BCUT2D eigenvalue weighted by molar-refractivity contribution is -0.274. The summed E-state index contributed by atoms with van der Waals surface area (Å²) in [4.78, 5) is 29.4. The quantitative estimate of drug-likeness (QED) is 0.408. The monoisotopic (exact) mass is 656 g/mol. The summed E-state index contributed by atoms with van der Waals surface area (Å²) in [6, 6.07) is 13.2. The van der Waals surface area contributed by atoms with Crippen LogP contribution in [0.2, 0.25) is 0 Å².